The largest absolute Gasteiger partial charge is 0.311 e. The second-order valence-corrected chi connectivity index (χ2v) is 4.46. The van der Waals surface area contributed by atoms with Crippen molar-refractivity contribution in [1.29, 1.82) is 0 Å². The van der Waals surface area contributed by atoms with Gasteiger partial charge in [0.25, 0.3) is 0 Å². The lowest BCUT2D eigenvalue weighted by Gasteiger charge is -2.06. The first kappa shape index (κ1) is 12.1. The minimum absolute atomic E-state index is 0.792. The van der Waals surface area contributed by atoms with E-state index >= 15 is 0 Å². The van der Waals surface area contributed by atoms with E-state index in [9.17, 15) is 0 Å². The van der Waals surface area contributed by atoms with Gasteiger partial charge in [0, 0.05) is 24.3 Å². The van der Waals surface area contributed by atoms with E-state index in [1.165, 1.54) is 5.56 Å². The maximum Gasteiger partial charge on any atom is 0.0534 e. The van der Waals surface area contributed by atoms with E-state index in [2.05, 4.69) is 10.4 Å². The third kappa shape index (κ3) is 3.58. The molecule has 0 spiro atoms. The molecule has 0 aliphatic carbocycles. The van der Waals surface area contributed by atoms with Crippen LogP contribution in [0.15, 0.2) is 36.7 Å². The quantitative estimate of drug-likeness (QED) is 0.826. The highest BCUT2D eigenvalue weighted by molar-refractivity contribution is 6.31. The summed E-state index contributed by atoms with van der Waals surface area (Å²) in [4.78, 5) is 0. The van der Waals surface area contributed by atoms with Crippen LogP contribution in [0.2, 0.25) is 5.02 Å². The molecule has 3 nitrogen and oxygen atoms in total. The maximum atomic E-state index is 6.07. The van der Waals surface area contributed by atoms with Gasteiger partial charge in [-0.05, 0) is 24.1 Å². The molecule has 0 amide bonds. The van der Waals surface area contributed by atoms with Crippen LogP contribution in [0, 0.1) is 6.92 Å². The van der Waals surface area contributed by atoms with Crippen LogP contribution in [-0.4, -0.2) is 16.3 Å². The Kier molecular flexibility index (Phi) is 4.18. The topological polar surface area (TPSA) is 29.9 Å². The van der Waals surface area contributed by atoms with Crippen molar-refractivity contribution in [3.05, 3.63) is 52.8 Å². The van der Waals surface area contributed by atoms with E-state index in [4.69, 9.17) is 11.6 Å². The highest BCUT2D eigenvalue weighted by Crippen LogP contribution is 2.13. The fourth-order valence-corrected chi connectivity index (χ4v) is 1.85. The Morgan fingerprint density at radius 2 is 2.18 bits per heavy atom. The third-order valence-corrected chi connectivity index (χ3v) is 2.92. The molecule has 0 saturated carbocycles. The van der Waals surface area contributed by atoms with Gasteiger partial charge < -0.3 is 5.32 Å². The Balaban J connectivity index is 1.75. The van der Waals surface area contributed by atoms with Crippen molar-refractivity contribution in [2.75, 3.05) is 6.54 Å². The lowest BCUT2D eigenvalue weighted by Crippen LogP contribution is -2.19. The maximum absolute atomic E-state index is 6.07. The molecule has 0 bridgehead atoms. The predicted octanol–water partition coefficient (Wildman–Crippen LogP) is 2.63. The molecule has 0 fully saturated rings. The minimum Gasteiger partial charge on any atom is -0.311 e. The van der Waals surface area contributed by atoms with Gasteiger partial charge in [-0.15, -0.1) is 0 Å². The standard InChI is InChI=1S/C13H16ClN3/c1-11-8-16-17(10-11)7-6-15-9-12-4-2-3-5-13(12)14/h2-5,8,10,15H,6-7,9H2,1H3. The summed E-state index contributed by atoms with van der Waals surface area (Å²) in [6, 6.07) is 7.89. The lowest BCUT2D eigenvalue weighted by molar-refractivity contribution is 0.554. The summed E-state index contributed by atoms with van der Waals surface area (Å²) >= 11 is 6.07. The van der Waals surface area contributed by atoms with Crippen molar-refractivity contribution in [1.82, 2.24) is 15.1 Å². The lowest BCUT2D eigenvalue weighted by atomic mass is 10.2. The molecule has 1 N–H and O–H groups in total. The van der Waals surface area contributed by atoms with E-state index in [1.807, 2.05) is 48.3 Å². The summed E-state index contributed by atoms with van der Waals surface area (Å²) in [5, 5.41) is 8.40. The number of hydrogen-bond acceptors (Lipinski definition) is 2. The van der Waals surface area contributed by atoms with Gasteiger partial charge in [-0.25, -0.2) is 0 Å². The smallest absolute Gasteiger partial charge is 0.0534 e. The number of aryl methyl sites for hydroxylation is 1. The van der Waals surface area contributed by atoms with Crippen molar-refractivity contribution >= 4 is 11.6 Å². The van der Waals surface area contributed by atoms with Crippen LogP contribution in [0.5, 0.6) is 0 Å². The van der Waals surface area contributed by atoms with Gasteiger partial charge in [0.05, 0.1) is 12.7 Å². The fourth-order valence-electron chi connectivity index (χ4n) is 1.65. The molecular formula is C13H16ClN3. The summed E-state index contributed by atoms with van der Waals surface area (Å²) < 4.78 is 1.94. The average Bonchev–Trinajstić information content (AvgIpc) is 2.73. The summed E-state index contributed by atoms with van der Waals surface area (Å²) in [6.07, 6.45) is 3.91. The molecule has 0 unspecified atom stereocenters. The molecular weight excluding hydrogens is 234 g/mol. The third-order valence-electron chi connectivity index (χ3n) is 2.55. The second kappa shape index (κ2) is 5.84. The van der Waals surface area contributed by atoms with Crippen molar-refractivity contribution < 1.29 is 0 Å². The average molecular weight is 250 g/mol. The number of aromatic nitrogens is 2. The van der Waals surface area contributed by atoms with Gasteiger partial charge in [-0.1, -0.05) is 29.8 Å². The molecule has 17 heavy (non-hydrogen) atoms. The molecule has 0 aliphatic rings. The molecule has 90 valence electrons. The number of hydrogen-bond donors (Lipinski definition) is 1. The van der Waals surface area contributed by atoms with Gasteiger partial charge in [-0.3, -0.25) is 4.68 Å². The molecule has 1 heterocycles. The molecule has 1 aromatic carbocycles. The predicted molar refractivity (Wildman–Crippen MR) is 70.1 cm³/mol. The molecule has 2 rings (SSSR count). The normalized spacial score (nSPS) is 10.7. The zero-order valence-electron chi connectivity index (χ0n) is 9.86. The molecule has 0 radical (unpaired) electrons. The first-order valence-corrected chi connectivity index (χ1v) is 6.06. The zero-order chi connectivity index (χ0) is 12.1. The number of nitrogens with one attached hydrogen (secondary N) is 1. The van der Waals surface area contributed by atoms with Crippen LogP contribution in [0.1, 0.15) is 11.1 Å². The summed E-state index contributed by atoms with van der Waals surface area (Å²) in [5.41, 5.74) is 2.32. The summed E-state index contributed by atoms with van der Waals surface area (Å²) in [7, 11) is 0. The minimum atomic E-state index is 0.792. The van der Waals surface area contributed by atoms with E-state index in [-0.39, 0.29) is 0 Å². The fraction of sp³-hybridized carbons (Fsp3) is 0.308. The van der Waals surface area contributed by atoms with Crippen molar-refractivity contribution in [3.8, 4) is 0 Å². The van der Waals surface area contributed by atoms with E-state index in [0.29, 0.717) is 0 Å². The number of rotatable bonds is 5. The van der Waals surface area contributed by atoms with Gasteiger partial charge in [0.1, 0.15) is 0 Å². The van der Waals surface area contributed by atoms with Gasteiger partial charge in [0.15, 0.2) is 0 Å². The van der Waals surface area contributed by atoms with E-state index in [0.717, 1.165) is 30.2 Å². The van der Waals surface area contributed by atoms with E-state index < -0.39 is 0 Å². The van der Waals surface area contributed by atoms with Crippen LogP contribution in [0.3, 0.4) is 0 Å². The molecule has 0 saturated heterocycles. The Bertz CT molecular complexity index is 479. The molecule has 0 atom stereocenters. The first-order chi connectivity index (χ1) is 8.25. The van der Waals surface area contributed by atoms with Crippen LogP contribution >= 0.6 is 11.6 Å². The van der Waals surface area contributed by atoms with Gasteiger partial charge in [-0.2, -0.15) is 5.10 Å². The second-order valence-electron chi connectivity index (χ2n) is 4.05. The van der Waals surface area contributed by atoms with Crippen LogP contribution in [0.25, 0.3) is 0 Å². The van der Waals surface area contributed by atoms with E-state index in [1.54, 1.807) is 0 Å². The Morgan fingerprint density at radius 1 is 1.35 bits per heavy atom. The Hall–Kier alpha value is -1.32. The monoisotopic (exact) mass is 249 g/mol. The number of benzene rings is 1. The number of nitrogens with zero attached hydrogens (tertiary/aromatic N) is 2. The van der Waals surface area contributed by atoms with Crippen molar-refractivity contribution in [2.24, 2.45) is 0 Å². The first-order valence-electron chi connectivity index (χ1n) is 5.69. The summed E-state index contributed by atoms with van der Waals surface area (Å²) in [6.45, 7) is 4.59. The summed E-state index contributed by atoms with van der Waals surface area (Å²) in [5.74, 6) is 0. The van der Waals surface area contributed by atoms with Gasteiger partial charge >= 0.3 is 0 Å². The molecule has 4 heteroatoms. The van der Waals surface area contributed by atoms with Gasteiger partial charge in [0.2, 0.25) is 0 Å². The van der Waals surface area contributed by atoms with Crippen LogP contribution in [-0.2, 0) is 13.1 Å². The van der Waals surface area contributed by atoms with Crippen LogP contribution in [0.4, 0.5) is 0 Å². The highest BCUT2D eigenvalue weighted by Gasteiger charge is 1.98. The van der Waals surface area contributed by atoms with Crippen molar-refractivity contribution in [3.63, 3.8) is 0 Å². The van der Waals surface area contributed by atoms with Crippen LogP contribution < -0.4 is 5.32 Å². The number of halogens is 1. The molecule has 1 aromatic heterocycles. The highest BCUT2D eigenvalue weighted by atomic mass is 35.5. The molecule has 0 aliphatic heterocycles. The van der Waals surface area contributed by atoms with Crippen molar-refractivity contribution in [2.45, 2.75) is 20.0 Å². The molecule has 2 aromatic rings. The SMILES string of the molecule is Cc1cnn(CCNCc2ccccc2Cl)c1. The Morgan fingerprint density at radius 3 is 2.88 bits per heavy atom. The Labute approximate surface area is 106 Å². The zero-order valence-corrected chi connectivity index (χ0v) is 10.6.